The van der Waals surface area contributed by atoms with Crippen LogP contribution in [-0.2, 0) is 0 Å². The molecule has 2 nitrogen and oxygen atoms in total. The molecule has 0 fully saturated rings. The standard InChI is InChI=1S/C10H12F2O2/c1-3-13-9-5-8(12)10(14-4-2)6-7(9)11/h5-6H,3-4H2,1-2H3. The second kappa shape index (κ2) is 4.79. The van der Waals surface area contributed by atoms with Gasteiger partial charge < -0.3 is 9.47 Å². The van der Waals surface area contributed by atoms with Crippen LogP contribution in [0.3, 0.4) is 0 Å². The van der Waals surface area contributed by atoms with Crippen molar-refractivity contribution < 1.29 is 18.3 Å². The molecule has 4 heteroatoms. The zero-order chi connectivity index (χ0) is 10.6. The van der Waals surface area contributed by atoms with Gasteiger partial charge in [-0.05, 0) is 13.8 Å². The average Bonchev–Trinajstić information content (AvgIpc) is 2.14. The smallest absolute Gasteiger partial charge is 0.168 e. The van der Waals surface area contributed by atoms with Gasteiger partial charge in [0.2, 0.25) is 0 Å². The van der Waals surface area contributed by atoms with Crippen LogP contribution >= 0.6 is 0 Å². The van der Waals surface area contributed by atoms with E-state index in [2.05, 4.69) is 0 Å². The summed E-state index contributed by atoms with van der Waals surface area (Å²) in [5.41, 5.74) is 0. The van der Waals surface area contributed by atoms with Crippen molar-refractivity contribution in [1.29, 1.82) is 0 Å². The lowest BCUT2D eigenvalue weighted by atomic mass is 10.3. The van der Waals surface area contributed by atoms with E-state index in [1.165, 1.54) is 0 Å². The van der Waals surface area contributed by atoms with Crippen LogP contribution in [0.4, 0.5) is 8.78 Å². The molecule has 0 saturated heterocycles. The summed E-state index contributed by atoms with van der Waals surface area (Å²) in [6.07, 6.45) is 0. The number of halogens is 2. The van der Waals surface area contributed by atoms with Gasteiger partial charge in [0.05, 0.1) is 13.2 Å². The highest BCUT2D eigenvalue weighted by molar-refractivity contribution is 5.34. The monoisotopic (exact) mass is 202 g/mol. The molecule has 0 atom stereocenters. The summed E-state index contributed by atoms with van der Waals surface area (Å²) in [7, 11) is 0. The lowest BCUT2D eigenvalue weighted by Gasteiger charge is -2.08. The molecule has 0 amide bonds. The minimum absolute atomic E-state index is 0.0894. The van der Waals surface area contributed by atoms with Crippen LogP contribution in [0.5, 0.6) is 11.5 Å². The molecule has 0 bridgehead atoms. The molecule has 0 radical (unpaired) electrons. The molecule has 14 heavy (non-hydrogen) atoms. The normalized spacial score (nSPS) is 10.0. The van der Waals surface area contributed by atoms with E-state index >= 15 is 0 Å². The maximum Gasteiger partial charge on any atom is 0.168 e. The van der Waals surface area contributed by atoms with Crippen LogP contribution in [0, 0.1) is 11.6 Å². The Bertz CT molecular complexity index is 281. The molecular formula is C10H12F2O2. The Kier molecular flexibility index (Phi) is 3.68. The Hall–Kier alpha value is -1.32. The first-order valence-corrected chi connectivity index (χ1v) is 4.43. The lowest BCUT2D eigenvalue weighted by Crippen LogP contribution is -1.99. The van der Waals surface area contributed by atoms with Gasteiger partial charge in [-0.1, -0.05) is 0 Å². The Morgan fingerprint density at radius 1 is 0.929 bits per heavy atom. The van der Waals surface area contributed by atoms with Crippen molar-refractivity contribution in [2.24, 2.45) is 0 Å². The highest BCUT2D eigenvalue weighted by Gasteiger charge is 2.11. The number of benzene rings is 1. The summed E-state index contributed by atoms with van der Waals surface area (Å²) in [5, 5.41) is 0. The number of rotatable bonds is 4. The molecule has 78 valence electrons. The Morgan fingerprint density at radius 3 is 1.57 bits per heavy atom. The first-order chi connectivity index (χ1) is 6.69. The Labute approximate surface area is 81.4 Å². The summed E-state index contributed by atoms with van der Waals surface area (Å²) in [6.45, 7) is 4.00. The maximum absolute atomic E-state index is 13.2. The number of hydrogen-bond donors (Lipinski definition) is 0. The number of hydrogen-bond acceptors (Lipinski definition) is 2. The summed E-state index contributed by atoms with van der Waals surface area (Å²) in [5.74, 6) is -1.41. The highest BCUT2D eigenvalue weighted by atomic mass is 19.1. The minimum atomic E-state index is -0.614. The summed E-state index contributed by atoms with van der Waals surface area (Å²) < 4.78 is 36.1. The van der Waals surface area contributed by atoms with E-state index in [-0.39, 0.29) is 11.5 Å². The minimum Gasteiger partial charge on any atom is -0.491 e. The Balaban J connectivity index is 2.97. The summed E-state index contributed by atoms with van der Waals surface area (Å²) in [6, 6.07) is 1.98. The van der Waals surface area contributed by atoms with Crippen molar-refractivity contribution in [3.8, 4) is 11.5 Å². The van der Waals surface area contributed by atoms with Gasteiger partial charge in [-0.3, -0.25) is 0 Å². The van der Waals surface area contributed by atoms with Crippen molar-refractivity contribution in [3.05, 3.63) is 23.8 Å². The predicted octanol–water partition coefficient (Wildman–Crippen LogP) is 2.76. The molecule has 0 saturated carbocycles. The first-order valence-electron chi connectivity index (χ1n) is 4.43. The van der Waals surface area contributed by atoms with Gasteiger partial charge in [0.1, 0.15) is 0 Å². The van der Waals surface area contributed by atoms with Crippen molar-refractivity contribution in [2.75, 3.05) is 13.2 Å². The third kappa shape index (κ3) is 2.34. The fraction of sp³-hybridized carbons (Fsp3) is 0.400. The van der Waals surface area contributed by atoms with Gasteiger partial charge in [-0.2, -0.15) is 0 Å². The molecule has 0 spiro atoms. The fourth-order valence-corrected chi connectivity index (χ4v) is 1.04. The zero-order valence-electron chi connectivity index (χ0n) is 8.14. The second-order valence-corrected chi connectivity index (χ2v) is 2.58. The molecule has 1 aromatic rings. The molecule has 0 aromatic heterocycles. The largest absolute Gasteiger partial charge is 0.491 e. The van der Waals surface area contributed by atoms with Crippen molar-refractivity contribution >= 4 is 0 Å². The van der Waals surface area contributed by atoms with Gasteiger partial charge >= 0.3 is 0 Å². The average molecular weight is 202 g/mol. The number of ether oxygens (including phenoxy) is 2. The van der Waals surface area contributed by atoms with Crippen LogP contribution in [0.15, 0.2) is 12.1 Å². The molecule has 0 N–H and O–H groups in total. The molecule has 0 heterocycles. The fourth-order valence-electron chi connectivity index (χ4n) is 1.04. The Morgan fingerprint density at radius 2 is 1.29 bits per heavy atom. The van der Waals surface area contributed by atoms with E-state index in [0.29, 0.717) is 13.2 Å². The van der Waals surface area contributed by atoms with Gasteiger partial charge in [-0.25, -0.2) is 8.78 Å². The summed E-state index contributed by atoms with van der Waals surface area (Å²) >= 11 is 0. The predicted molar refractivity (Wildman–Crippen MR) is 48.7 cm³/mol. The van der Waals surface area contributed by atoms with Crippen molar-refractivity contribution in [2.45, 2.75) is 13.8 Å². The van der Waals surface area contributed by atoms with E-state index in [1.807, 2.05) is 0 Å². The zero-order valence-corrected chi connectivity index (χ0v) is 8.14. The topological polar surface area (TPSA) is 18.5 Å². The quantitative estimate of drug-likeness (QED) is 0.747. The lowest BCUT2D eigenvalue weighted by molar-refractivity contribution is 0.301. The van der Waals surface area contributed by atoms with E-state index in [9.17, 15) is 8.78 Å². The van der Waals surface area contributed by atoms with Crippen molar-refractivity contribution in [3.63, 3.8) is 0 Å². The first kappa shape index (κ1) is 10.8. The van der Waals surface area contributed by atoms with Crippen molar-refractivity contribution in [1.82, 2.24) is 0 Å². The molecule has 1 rings (SSSR count). The van der Waals surface area contributed by atoms with Crippen LogP contribution < -0.4 is 9.47 Å². The molecule has 1 aromatic carbocycles. The second-order valence-electron chi connectivity index (χ2n) is 2.58. The molecule has 0 unspecified atom stereocenters. The van der Waals surface area contributed by atoms with Gasteiger partial charge in [-0.15, -0.1) is 0 Å². The summed E-state index contributed by atoms with van der Waals surface area (Å²) in [4.78, 5) is 0. The van der Waals surface area contributed by atoms with Crippen LogP contribution in [0.2, 0.25) is 0 Å². The maximum atomic E-state index is 13.2. The van der Waals surface area contributed by atoms with Gasteiger partial charge in [0.15, 0.2) is 23.1 Å². The van der Waals surface area contributed by atoms with Gasteiger partial charge in [0.25, 0.3) is 0 Å². The van der Waals surface area contributed by atoms with E-state index in [4.69, 9.17) is 9.47 Å². The molecule has 0 aliphatic carbocycles. The van der Waals surface area contributed by atoms with E-state index in [1.54, 1.807) is 13.8 Å². The highest BCUT2D eigenvalue weighted by Crippen LogP contribution is 2.26. The van der Waals surface area contributed by atoms with Crippen LogP contribution in [0.25, 0.3) is 0 Å². The molecule has 0 aliphatic rings. The van der Waals surface area contributed by atoms with Gasteiger partial charge in [0, 0.05) is 12.1 Å². The van der Waals surface area contributed by atoms with E-state index in [0.717, 1.165) is 12.1 Å². The van der Waals surface area contributed by atoms with E-state index < -0.39 is 11.6 Å². The van der Waals surface area contributed by atoms with Crippen LogP contribution in [0.1, 0.15) is 13.8 Å². The SMILES string of the molecule is CCOc1cc(F)c(OCC)cc1F. The molecule has 0 aliphatic heterocycles. The van der Waals surface area contributed by atoms with Crippen LogP contribution in [-0.4, -0.2) is 13.2 Å². The third-order valence-corrected chi connectivity index (χ3v) is 1.59. The molecular weight excluding hydrogens is 190 g/mol. The third-order valence-electron chi connectivity index (χ3n) is 1.59.